The number of hydrogen-bond donors (Lipinski definition) is 1. The second-order valence-electron chi connectivity index (χ2n) is 10.2. The highest BCUT2D eigenvalue weighted by Gasteiger charge is 2.32. The van der Waals surface area contributed by atoms with Gasteiger partial charge in [-0.05, 0) is 86.3 Å². The van der Waals surface area contributed by atoms with Crippen molar-refractivity contribution in [3.63, 3.8) is 0 Å². The Morgan fingerprint density at radius 2 is 1.59 bits per heavy atom. The Bertz CT molecular complexity index is 1430. The van der Waals surface area contributed by atoms with Gasteiger partial charge in [0.25, 0.3) is 10.0 Å². The van der Waals surface area contributed by atoms with Crippen LogP contribution in [0.2, 0.25) is 0 Å². The summed E-state index contributed by atoms with van der Waals surface area (Å²) in [7, 11) is -4.30. The Hall–Kier alpha value is -3.92. The predicted octanol–water partition coefficient (Wildman–Crippen LogP) is 4.92. The van der Waals surface area contributed by atoms with Crippen LogP contribution in [0.25, 0.3) is 0 Å². The largest absolute Gasteiger partial charge is 0.494 e. The van der Waals surface area contributed by atoms with Gasteiger partial charge >= 0.3 is 0 Å². The Balaban J connectivity index is 2.03. The zero-order valence-corrected chi connectivity index (χ0v) is 24.9. The number of nitrogens with one attached hydrogen (secondary N) is 1. The van der Waals surface area contributed by atoms with Crippen molar-refractivity contribution >= 4 is 27.5 Å². The average molecular weight is 584 g/mol. The summed E-state index contributed by atoms with van der Waals surface area (Å²) in [4.78, 5) is 28.3. The normalized spacial score (nSPS) is 12.1. The molecule has 1 N–H and O–H groups in total. The summed E-state index contributed by atoms with van der Waals surface area (Å²) in [6, 6.07) is 17.4. The lowest BCUT2D eigenvalue weighted by atomic mass is 10.1. The van der Waals surface area contributed by atoms with E-state index in [9.17, 15) is 22.4 Å². The number of ether oxygens (including phenoxy) is 1. The number of rotatable bonds is 13. The molecule has 220 valence electrons. The van der Waals surface area contributed by atoms with Gasteiger partial charge in [0.05, 0.1) is 17.2 Å². The van der Waals surface area contributed by atoms with Crippen molar-refractivity contribution in [2.75, 3.05) is 24.0 Å². The van der Waals surface area contributed by atoms with E-state index in [0.29, 0.717) is 18.9 Å². The van der Waals surface area contributed by atoms with Crippen LogP contribution in [-0.4, -0.2) is 50.9 Å². The molecule has 0 spiro atoms. The lowest BCUT2D eigenvalue weighted by Crippen LogP contribution is -2.51. The number of halogens is 1. The SMILES string of the molecule is CCOc1ccc(N(CC(=O)N(Cc2ccccc2C)[C@@H](C)C(=O)NCC(C)C)S(=O)(=O)c2ccc(F)cc2)cc1. The van der Waals surface area contributed by atoms with Gasteiger partial charge in [0.1, 0.15) is 24.2 Å². The van der Waals surface area contributed by atoms with E-state index in [0.717, 1.165) is 39.7 Å². The highest BCUT2D eigenvalue weighted by Crippen LogP contribution is 2.27. The van der Waals surface area contributed by atoms with E-state index in [2.05, 4.69) is 5.32 Å². The molecule has 0 unspecified atom stereocenters. The maximum Gasteiger partial charge on any atom is 0.264 e. The van der Waals surface area contributed by atoms with Crippen molar-refractivity contribution in [3.05, 3.63) is 89.7 Å². The monoisotopic (exact) mass is 583 g/mol. The van der Waals surface area contributed by atoms with E-state index < -0.39 is 34.3 Å². The Morgan fingerprint density at radius 1 is 0.951 bits per heavy atom. The molecule has 41 heavy (non-hydrogen) atoms. The van der Waals surface area contributed by atoms with Crippen molar-refractivity contribution in [3.8, 4) is 5.75 Å². The van der Waals surface area contributed by atoms with Crippen molar-refractivity contribution in [1.82, 2.24) is 10.2 Å². The van der Waals surface area contributed by atoms with E-state index in [1.807, 2.05) is 52.0 Å². The number of aryl methyl sites for hydroxylation is 1. The van der Waals surface area contributed by atoms with E-state index >= 15 is 0 Å². The standard InChI is InChI=1S/C31H38FN3O5S/c1-6-40-28-15-13-27(14-16-28)35(41(38,39)29-17-11-26(32)12-18-29)21-30(36)34(20-25-10-8-7-9-23(25)4)24(5)31(37)33-19-22(2)3/h7-18,22,24H,6,19-21H2,1-5H3,(H,33,37)/t24-/m0/s1. The maximum atomic E-state index is 14.0. The Kier molecular flexibility index (Phi) is 10.9. The van der Waals surface area contributed by atoms with Crippen LogP contribution >= 0.6 is 0 Å². The fourth-order valence-electron chi connectivity index (χ4n) is 4.14. The number of carbonyl (C=O) groups excluding carboxylic acids is 2. The maximum absolute atomic E-state index is 14.0. The van der Waals surface area contributed by atoms with Gasteiger partial charge in [0.2, 0.25) is 11.8 Å². The van der Waals surface area contributed by atoms with E-state index in [4.69, 9.17) is 4.74 Å². The van der Waals surface area contributed by atoms with Gasteiger partial charge in [0, 0.05) is 13.1 Å². The first-order chi connectivity index (χ1) is 19.4. The molecule has 1 atom stereocenters. The number of carbonyl (C=O) groups is 2. The molecule has 3 rings (SSSR count). The van der Waals surface area contributed by atoms with Gasteiger partial charge in [-0.2, -0.15) is 0 Å². The van der Waals surface area contributed by atoms with Crippen molar-refractivity contribution in [1.29, 1.82) is 0 Å². The minimum absolute atomic E-state index is 0.107. The molecule has 0 aliphatic rings. The summed E-state index contributed by atoms with van der Waals surface area (Å²) < 4.78 is 47.7. The summed E-state index contributed by atoms with van der Waals surface area (Å²) in [6.07, 6.45) is 0. The quantitative estimate of drug-likeness (QED) is 0.308. The minimum Gasteiger partial charge on any atom is -0.494 e. The number of benzene rings is 3. The van der Waals surface area contributed by atoms with Gasteiger partial charge in [0.15, 0.2) is 0 Å². The van der Waals surface area contributed by atoms with Crippen LogP contribution in [0.1, 0.15) is 38.8 Å². The third kappa shape index (κ3) is 8.29. The van der Waals surface area contributed by atoms with Crippen LogP contribution in [-0.2, 0) is 26.2 Å². The van der Waals surface area contributed by atoms with E-state index in [-0.39, 0.29) is 29.0 Å². The van der Waals surface area contributed by atoms with E-state index in [1.54, 1.807) is 31.2 Å². The van der Waals surface area contributed by atoms with Crippen molar-refractivity contribution in [2.45, 2.75) is 52.1 Å². The molecule has 0 saturated heterocycles. The smallest absolute Gasteiger partial charge is 0.264 e. The van der Waals surface area contributed by atoms with Gasteiger partial charge in [-0.25, -0.2) is 12.8 Å². The zero-order chi connectivity index (χ0) is 30.2. The molecule has 2 amide bonds. The lowest BCUT2D eigenvalue weighted by molar-refractivity contribution is -0.139. The third-order valence-corrected chi connectivity index (χ3v) is 8.36. The fraction of sp³-hybridized carbons (Fsp3) is 0.355. The van der Waals surface area contributed by atoms with Crippen molar-refractivity contribution < 1.29 is 27.1 Å². The Morgan fingerprint density at radius 3 is 2.17 bits per heavy atom. The van der Waals surface area contributed by atoms with Crippen LogP contribution in [0.4, 0.5) is 10.1 Å². The molecule has 0 heterocycles. The first kappa shape index (κ1) is 31.6. The highest BCUT2D eigenvalue weighted by atomic mass is 32.2. The van der Waals surface area contributed by atoms with Crippen LogP contribution in [0.15, 0.2) is 77.7 Å². The van der Waals surface area contributed by atoms with Gasteiger partial charge in [-0.3, -0.25) is 13.9 Å². The fourth-order valence-corrected chi connectivity index (χ4v) is 5.56. The molecule has 0 aliphatic carbocycles. The summed E-state index contributed by atoms with van der Waals surface area (Å²) in [5, 5.41) is 2.87. The number of anilines is 1. The number of hydrogen-bond acceptors (Lipinski definition) is 5. The van der Waals surface area contributed by atoms with Gasteiger partial charge in [-0.1, -0.05) is 38.1 Å². The molecule has 8 nitrogen and oxygen atoms in total. The number of amides is 2. The topological polar surface area (TPSA) is 96.0 Å². The number of nitrogens with zero attached hydrogens (tertiary/aromatic N) is 2. The van der Waals surface area contributed by atoms with Crippen LogP contribution in [0.3, 0.4) is 0 Å². The van der Waals surface area contributed by atoms with Crippen LogP contribution < -0.4 is 14.4 Å². The second kappa shape index (κ2) is 14.1. The molecule has 3 aromatic carbocycles. The molecule has 0 aromatic heterocycles. The molecule has 10 heteroatoms. The molecule has 0 saturated carbocycles. The molecule has 0 bridgehead atoms. The Labute approximate surface area is 242 Å². The second-order valence-corrected chi connectivity index (χ2v) is 12.0. The summed E-state index contributed by atoms with van der Waals surface area (Å²) in [6.45, 7) is 9.70. The summed E-state index contributed by atoms with van der Waals surface area (Å²) in [5.41, 5.74) is 1.99. The molecular formula is C31H38FN3O5S. The average Bonchev–Trinajstić information content (AvgIpc) is 2.94. The number of sulfonamides is 1. The predicted molar refractivity (Wildman–Crippen MR) is 158 cm³/mol. The van der Waals surface area contributed by atoms with Crippen LogP contribution in [0, 0.1) is 18.7 Å². The van der Waals surface area contributed by atoms with Crippen molar-refractivity contribution in [2.24, 2.45) is 5.92 Å². The first-order valence-corrected chi connectivity index (χ1v) is 15.0. The summed E-state index contributed by atoms with van der Waals surface area (Å²) >= 11 is 0. The molecule has 3 aromatic rings. The van der Waals surface area contributed by atoms with E-state index in [1.165, 1.54) is 4.90 Å². The minimum atomic E-state index is -4.30. The summed E-state index contributed by atoms with van der Waals surface area (Å²) in [5.74, 6) is -0.742. The molecule has 0 fully saturated rings. The zero-order valence-electron chi connectivity index (χ0n) is 24.1. The highest BCUT2D eigenvalue weighted by molar-refractivity contribution is 7.92. The van der Waals surface area contributed by atoms with Gasteiger partial charge < -0.3 is 15.0 Å². The third-order valence-electron chi connectivity index (χ3n) is 6.57. The molecule has 0 aliphatic heterocycles. The van der Waals surface area contributed by atoms with Crippen LogP contribution in [0.5, 0.6) is 5.75 Å². The lowest BCUT2D eigenvalue weighted by Gasteiger charge is -2.32. The first-order valence-electron chi connectivity index (χ1n) is 13.6. The molecular weight excluding hydrogens is 545 g/mol. The molecule has 0 radical (unpaired) electrons. The van der Waals surface area contributed by atoms with Gasteiger partial charge in [-0.15, -0.1) is 0 Å².